The number of nitrogens with one attached hydrogen (secondary N) is 1. The van der Waals surface area contributed by atoms with E-state index in [0.717, 1.165) is 6.42 Å². The average molecular weight is 296 g/mol. The predicted octanol–water partition coefficient (Wildman–Crippen LogP) is 0.860. The highest BCUT2D eigenvalue weighted by Crippen LogP contribution is 2.22. The van der Waals surface area contributed by atoms with Crippen LogP contribution in [-0.4, -0.2) is 34.6 Å². The van der Waals surface area contributed by atoms with Gasteiger partial charge in [-0.15, -0.1) is 0 Å². The van der Waals surface area contributed by atoms with Crippen molar-refractivity contribution < 1.29 is 13.5 Å². The summed E-state index contributed by atoms with van der Waals surface area (Å²) >= 11 is 0. The molecule has 1 aromatic heterocycles. The molecule has 0 amide bonds. The van der Waals surface area contributed by atoms with Gasteiger partial charge in [0.1, 0.15) is 5.75 Å². The fraction of sp³-hybridized carbons (Fsp3) is 0.462. The van der Waals surface area contributed by atoms with E-state index in [0.29, 0.717) is 24.0 Å². The van der Waals surface area contributed by atoms with Crippen molar-refractivity contribution in [1.29, 1.82) is 0 Å². The van der Waals surface area contributed by atoms with Crippen molar-refractivity contribution in [2.75, 3.05) is 11.5 Å². The van der Waals surface area contributed by atoms with Crippen LogP contribution in [0.2, 0.25) is 0 Å². The molecule has 0 spiro atoms. The number of hydrogen-bond donors (Lipinski definition) is 2. The standard InChI is InChI=1S/C13H16N2O4S/c16-10-3-4-12-11(6-10)14-13(17)15(12)7-9-2-1-5-20(18,19)8-9/h3-4,6,9,16H,1-2,5,7-8H2,(H,14,17). The van der Waals surface area contributed by atoms with Crippen LogP contribution in [0.1, 0.15) is 12.8 Å². The molecule has 1 atom stereocenters. The number of aromatic nitrogens is 2. The molecule has 1 aliphatic heterocycles. The van der Waals surface area contributed by atoms with Crippen molar-refractivity contribution in [3.63, 3.8) is 0 Å². The second-order valence-electron chi connectivity index (χ2n) is 5.36. The first kappa shape index (κ1) is 13.2. The number of aromatic amines is 1. The first-order valence-electron chi connectivity index (χ1n) is 6.56. The highest BCUT2D eigenvalue weighted by Gasteiger charge is 2.25. The highest BCUT2D eigenvalue weighted by molar-refractivity contribution is 7.91. The number of H-pyrrole nitrogens is 1. The summed E-state index contributed by atoms with van der Waals surface area (Å²) in [7, 11) is -2.97. The molecule has 108 valence electrons. The lowest BCUT2D eigenvalue weighted by atomic mass is 10.1. The zero-order valence-electron chi connectivity index (χ0n) is 10.9. The van der Waals surface area contributed by atoms with Gasteiger partial charge in [0.05, 0.1) is 22.5 Å². The van der Waals surface area contributed by atoms with Gasteiger partial charge in [-0.2, -0.15) is 0 Å². The van der Waals surface area contributed by atoms with Crippen molar-refractivity contribution in [2.45, 2.75) is 19.4 Å². The lowest BCUT2D eigenvalue weighted by Crippen LogP contribution is -2.30. The van der Waals surface area contributed by atoms with E-state index in [9.17, 15) is 18.3 Å². The molecular weight excluding hydrogens is 280 g/mol. The second kappa shape index (κ2) is 4.66. The minimum atomic E-state index is -2.97. The number of rotatable bonds is 2. The normalized spacial score (nSPS) is 22.1. The number of imidazole rings is 1. The number of benzene rings is 1. The van der Waals surface area contributed by atoms with Crippen LogP contribution in [-0.2, 0) is 16.4 Å². The van der Waals surface area contributed by atoms with Crippen LogP contribution in [0.15, 0.2) is 23.0 Å². The number of phenols is 1. The van der Waals surface area contributed by atoms with Crippen LogP contribution >= 0.6 is 0 Å². The highest BCUT2D eigenvalue weighted by atomic mass is 32.2. The SMILES string of the molecule is O=c1[nH]c2cc(O)ccc2n1CC1CCCS(=O)(=O)C1. The Morgan fingerprint density at radius 1 is 1.40 bits per heavy atom. The van der Waals surface area contributed by atoms with E-state index in [2.05, 4.69) is 4.98 Å². The minimum absolute atomic E-state index is 0.0285. The van der Waals surface area contributed by atoms with Gasteiger partial charge in [-0.1, -0.05) is 0 Å². The summed E-state index contributed by atoms with van der Waals surface area (Å²) < 4.78 is 24.9. The zero-order valence-corrected chi connectivity index (χ0v) is 11.7. The van der Waals surface area contributed by atoms with Crippen LogP contribution in [0.5, 0.6) is 5.75 Å². The van der Waals surface area contributed by atoms with Gasteiger partial charge in [0.2, 0.25) is 0 Å². The smallest absolute Gasteiger partial charge is 0.326 e. The Balaban J connectivity index is 1.95. The van der Waals surface area contributed by atoms with Gasteiger partial charge in [-0.25, -0.2) is 13.2 Å². The van der Waals surface area contributed by atoms with E-state index < -0.39 is 9.84 Å². The number of nitrogens with zero attached hydrogens (tertiary/aromatic N) is 1. The van der Waals surface area contributed by atoms with E-state index in [1.807, 2.05) is 0 Å². The molecule has 3 rings (SSSR count). The fourth-order valence-corrected chi connectivity index (χ4v) is 4.62. The zero-order chi connectivity index (χ0) is 14.3. The topological polar surface area (TPSA) is 92.2 Å². The van der Waals surface area contributed by atoms with Crippen molar-refractivity contribution in [3.8, 4) is 5.75 Å². The summed E-state index contributed by atoms with van der Waals surface area (Å²) in [4.78, 5) is 14.6. The van der Waals surface area contributed by atoms with Gasteiger partial charge < -0.3 is 10.1 Å². The molecule has 1 aromatic carbocycles. The Kier molecular flexibility index (Phi) is 3.08. The van der Waals surface area contributed by atoms with Gasteiger partial charge in [0.15, 0.2) is 9.84 Å². The Labute approximate surface area is 116 Å². The molecule has 2 aromatic rings. The Hall–Kier alpha value is -1.76. The summed E-state index contributed by atoms with van der Waals surface area (Å²) in [5.74, 6) is 0.454. The molecule has 6 nitrogen and oxygen atoms in total. The molecule has 7 heteroatoms. The van der Waals surface area contributed by atoms with Crippen LogP contribution in [0.25, 0.3) is 11.0 Å². The summed E-state index contributed by atoms with van der Waals surface area (Å²) in [6, 6.07) is 4.68. The third kappa shape index (κ3) is 2.45. The van der Waals surface area contributed by atoms with Crippen molar-refractivity contribution >= 4 is 20.9 Å². The lowest BCUT2D eigenvalue weighted by Gasteiger charge is -2.22. The molecule has 1 aliphatic rings. The van der Waals surface area contributed by atoms with Gasteiger partial charge >= 0.3 is 5.69 Å². The maximum Gasteiger partial charge on any atom is 0.326 e. The third-order valence-corrected chi connectivity index (χ3v) is 5.65. The van der Waals surface area contributed by atoms with Gasteiger partial charge in [-0.3, -0.25) is 4.57 Å². The van der Waals surface area contributed by atoms with E-state index >= 15 is 0 Å². The Morgan fingerprint density at radius 3 is 2.95 bits per heavy atom. The van der Waals surface area contributed by atoms with Gasteiger partial charge in [-0.05, 0) is 30.9 Å². The predicted molar refractivity (Wildman–Crippen MR) is 75.6 cm³/mol. The monoisotopic (exact) mass is 296 g/mol. The molecule has 20 heavy (non-hydrogen) atoms. The molecule has 1 unspecified atom stereocenters. The summed E-state index contributed by atoms with van der Waals surface area (Å²) in [5.41, 5.74) is 0.984. The van der Waals surface area contributed by atoms with E-state index in [1.165, 1.54) is 12.1 Å². The first-order chi connectivity index (χ1) is 9.44. The molecule has 0 aliphatic carbocycles. The quantitative estimate of drug-likeness (QED) is 0.859. The van der Waals surface area contributed by atoms with Crippen molar-refractivity contribution in [3.05, 3.63) is 28.7 Å². The molecule has 2 heterocycles. The number of hydrogen-bond acceptors (Lipinski definition) is 4. The third-order valence-electron chi connectivity index (χ3n) is 3.76. The van der Waals surface area contributed by atoms with Crippen LogP contribution in [0, 0.1) is 5.92 Å². The fourth-order valence-electron chi connectivity index (χ4n) is 2.85. The molecule has 0 bridgehead atoms. The Bertz CT molecular complexity index is 803. The summed E-state index contributed by atoms with van der Waals surface area (Å²) in [6.07, 6.45) is 1.47. The lowest BCUT2D eigenvalue weighted by molar-refractivity contribution is 0.427. The van der Waals surface area contributed by atoms with Crippen molar-refractivity contribution in [2.24, 2.45) is 5.92 Å². The maximum atomic E-state index is 12.0. The molecule has 2 N–H and O–H groups in total. The number of fused-ring (bicyclic) bond motifs is 1. The van der Waals surface area contributed by atoms with E-state index in [1.54, 1.807) is 10.6 Å². The average Bonchev–Trinajstić information content (AvgIpc) is 2.64. The first-order valence-corrected chi connectivity index (χ1v) is 8.39. The maximum absolute atomic E-state index is 12.0. The molecule has 1 fully saturated rings. The second-order valence-corrected chi connectivity index (χ2v) is 7.59. The van der Waals surface area contributed by atoms with E-state index in [-0.39, 0.29) is 28.9 Å². The van der Waals surface area contributed by atoms with Crippen LogP contribution < -0.4 is 5.69 Å². The Morgan fingerprint density at radius 2 is 2.20 bits per heavy atom. The number of aromatic hydroxyl groups is 1. The summed E-state index contributed by atoms with van der Waals surface area (Å²) in [5, 5.41) is 9.41. The number of phenolic OH excluding ortho intramolecular Hbond substituents is 1. The van der Waals surface area contributed by atoms with Gasteiger partial charge in [0.25, 0.3) is 0 Å². The van der Waals surface area contributed by atoms with E-state index in [4.69, 9.17) is 0 Å². The largest absolute Gasteiger partial charge is 0.508 e. The molecular formula is C13H16N2O4S. The molecule has 0 radical (unpaired) electrons. The van der Waals surface area contributed by atoms with Gasteiger partial charge in [0, 0.05) is 12.6 Å². The molecule has 1 saturated heterocycles. The number of sulfone groups is 1. The minimum Gasteiger partial charge on any atom is -0.508 e. The van der Waals surface area contributed by atoms with Crippen LogP contribution in [0.3, 0.4) is 0 Å². The molecule has 0 saturated carbocycles. The van der Waals surface area contributed by atoms with Crippen LogP contribution in [0.4, 0.5) is 0 Å². The summed E-state index contributed by atoms with van der Waals surface area (Å²) in [6.45, 7) is 0.392. The van der Waals surface area contributed by atoms with Crippen molar-refractivity contribution in [1.82, 2.24) is 9.55 Å².